The zero-order valence-electron chi connectivity index (χ0n) is 13.5. The highest BCUT2D eigenvalue weighted by molar-refractivity contribution is 9.09. The Kier molecular flexibility index (Phi) is 5.01. The third kappa shape index (κ3) is 3.23. The van der Waals surface area contributed by atoms with Gasteiger partial charge in [0.05, 0.1) is 12.7 Å². The maximum absolute atomic E-state index is 13.4. The molecule has 130 valence electrons. The van der Waals surface area contributed by atoms with Crippen molar-refractivity contribution in [3.05, 3.63) is 63.5 Å². The maximum Gasteiger partial charge on any atom is 0.338 e. The molecule has 1 aromatic heterocycles. The van der Waals surface area contributed by atoms with Crippen molar-refractivity contribution in [2.45, 2.75) is 12.5 Å². The number of aliphatic imine (C=N–C) groups is 1. The number of halogens is 2. The monoisotopic (exact) mass is 423 g/mol. The second kappa shape index (κ2) is 7.05. The Morgan fingerprint density at radius 3 is 2.68 bits per heavy atom. The first-order chi connectivity index (χ1) is 12.0. The Labute approximate surface area is 156 Å². The molecule has 0 fully saturated rings. The number of esters is 1. The third-order valence-electron chi connectivity index (χ3n) is 3.96. The number of ether oxygens (including phenoxy) is 1. The molecule has 2 aromatic rings. The van der Waals surface area contributed by atoms with Crippen LogP contribution in [0.4, 0.5) is 4.39 Å². The van der Waals surface area contributed by atoms with Crippen LogP contribution in [-0.2, 0) is 15.1 Å². The van der Waals surface area contributed by atoms with Crippen molar-refractivity contribution in [2.75, 3.05) is 12.4 Å². The van der Waals surface area contributed by atoms with Gasteiger partial charge in [-0.3, -0.25) is 0 Å². The van der Waals surface area contributed by atoms with Crippen molar-refractivity contribution in [1.29, 1.82) is 0 Å². The number of alkyl halides is 1. The normalized spacial score (nSPS) is 20.1. The second-order valence-corrected chi connectivity index (χ2v) is 6.94. The van der Waals surface area contributed by atoms with Crippen LogP contribution in [0.5, 0.6) is 0 Å². The quantitative estimate of drug-likeness (QED) is 0.604. The number of benzene rings is 1. The molecule has 5 nitrogen and oxygen atoms in total. The van der Waals surface area contributed by atoms with Crippen LogP contribution in [0.3, 0.4) is 0 Å². The van der Waals surface area contributed by atoms with Crippen molar-refractivity contribution < 1.29 is 13.9 Å². The van der Waals surface area contributed by atoms with E-state index in [-0.39, 0.29) is 5.82 Å². The molecule has 1 N–H and O–H groups in total. The average Bonchev–Trinajstić information content (AvgIpc) is 3.15. The van der Waals surface area contributed by atoms with Crippen LogP contribution in [0, 0.1) is 5.82 Å². The van der Waals surface area contributed by atoms with Gasteiger partial charge in [0.15, 0.2) is 10.8 Å². The van der Waals surface area contributed by atoms with E-state index in [9.17, 15) is 9.18 Å². The molecule has 1 unspecified atom stereocenters. The molecular formula is C17H15BrFN3O2S. The Bertz CT molecular complexity index is 849. The minimum Gasteiger partial charge on any atom is -0.466 e. The summed E-state index contributed by atoms with van der Waals surface area (Å²) in [6, 6.07) is 5.95. The lowest BCUT2D eigenvalue weighted by atomic mass is 9.82. The maximum atomic E-state index is 13.4. The van der Waals surface area contributed by atoms with E-state index in [1.165, 1.54) is 30.6 Å². The predicted octanol–water partition coefficient (Wildman–Crippen LogP) is 3.37. The number of thiazole rings is 1. The van der Waals surface area contributed by atoms with E-state index in [1.54, 1.807) is 18.3 Å². The van der Waals surface area contributed by atoms with Crippen LogP contribution < -0.4 is 5.32 Å². The Morgan fingerprint density at radius 2 is 2.12 bits per heavy atom. The molecule has 1 aliphatic heterocycles. The Hall–Kier alpha value is -2.06. The first kappa shape index (κ1) is 17.8. The van der Waals surface area contributed by atoms with Crippen molar-refractivity contribution in [2.24, 2.45) is 4.99 Å². The van der Waals surface area contributed by atoms with Crippen LogP contribution >= 0.6 is 27.3 Å². The first-order valence-corrected chi connectivity index (χ1v) is 9.40. The number of methoxy groups -OCH3 is 1. The van der Waals surface area contributed by atoms with Gasteiger partial charge in [-0.15, -0.1) is 11.3 Å². The molecule has 0 bridgehead atoms. The number of carbonyl (C=O) groups is 1. The molecule has 2 heterocycles. The zero-order valence-corrected chi connectivity index (χ0v) is 15.9. The highest BCUT2D eigenvalue weighted by Gasteiger charge is 2.42. The molecule has 0 amide bonds. The number of nitrogens with zero attached hydrogens (tertiary/aromatic N) is 2. The fourth-order valence-electron chi connectivity index (χ4n) is 2.76. The highest BCUT2D eigenvalue weighted by Crippen LogP contribution is 2.39. The molecule has 0 saturated heterocycles. The van der Waals surface area contributed by atoms with Crippen LogP contribution in [0.2, 0.25) is 0 Å². The van der Waals surface area contributed by atoms with Gasteiger partial charge in [-0.1, -0.05) is 28.1 Å². The standard InChI is InChI=1S/C17H15BrFN3O2S/c1-17(10-3-5-11(19)6-4-10)13(16(23)24-2)12(9-18)21-14(22-17)15-20-7-8-25-15/h3-8H,9H2,1-2H3,(H,21,22). The van der Waals surface area contributed by atoms with Gasteiger partial charge >= 0.3 is 5.97 Å². The van der Waals surface area contributed by atoms with Crippen LogP contribution in [-0.4, -0.2) is 29.2 Å². The number of rotatable bonds is 4. The van der Waals surface area contributed by atoms with E-state index >= 15 is 0 Å². The van der Waals surface area contributed by atoms with Crippen molar-refractivity contribution in [3.63, 3.8) is 0 Å². The Balaban J connectivity index is 2.22. The van der Waals surface area contributed by atoms with E-state index in [0.29, 0.717) is 33.0 Å². The summed E-state index contributed by atoms with van der Waals surface area (Å²) in [5, 5.41) is 6.12. The molecule has 1 atom stereocenters. The molecule has 3 rings (SSSR count). The number of hydrogen-bond donors (Lipinski definition) is 1. The number of carbonyl (C=O) groups excluding carboxylic acids is 1. The van der Waals surface area contributed by atoms with Gasteiger partial charge < -0.3 is 10.1 Å². The topological polar surface area (TPSA) is 63.6 Å². The lowest BCUT2D eigenvalue weighted by Crippen LogP contribution is -2.42. The molecule has 25 heavy (non-hydrogen) atoms. The molecule has 8 heteroatoms. The summed E-state index contributed by atoms with van der Waals surface area (Å²) >= 11 is 4.85. The van der Waals surface area contributed by atoms with Crippen LogP contribution in [0.1, 0.15) is 17.5 Å². The molecule has 1 aromatic carbocycles. The lowest BCUT2D eigenvalue weighted by molar-refractivity contribution is -0.137. The zero-order chi connectivity index (χ0) is 18.0. The third-order valence-corrected chi connectivity index (χ3v) is 5.30. The summed E-state index contributed by atoms with van der Waals surface area (Å²) in [4.78, 5) is 21.5. The van der Waals surface area contributed by atoms with Gasteiger partial charge in [0.25, 0.3) is 0 Å². The number of nitrogens with one attached hydrogen (secondary N) is 1. The lowest BCUT2D eigenvalue weighted by Gasteiger charge is -2.34. The van der Waals surface area contributed by atoms with E-state index in [0.717, 1.165) is 0 Å². The van der Waals surface area contributed by atoms with E-state index in [4.69, 9.17) is 9.73 Å². The smallest absolute Gasteiger partial charge is 0.338 e. The highest BCUT2D eigenvalue weighted by atomic mass is 79.9. The molecule has 0 saturated carbocycles. The molecule has 0 spiro atoms. The minimum absolute atomic E-state index is 0.352. The first-order valence-electron chi connectivity index (χ1n) is 7.40. The summed E-state index contributed by atoms with van der Waals surface area (Å²) in [5.74, 6) is -0.283. The number of allylic oxidation sites excluding steroid dienone is 1. The summed E-state index contributed by atoms with van der Waals surface area (Å²) < 4.78 is 18.4. The van der Waals surface area contributed by atoms with Gasteiger partial charge in [0, 0.05) is 22.6 Å². The second-order valence-electron chi connectivity index (χ2n) is 5.48. The minimum atomic E-state index is -1.03. The fourth-order valence-corrected chi connectivity index (χ4v) is 3.76. The summed E-state index contributed by atoms with van der Waals surface area (Å²) in [7, 11) is 1.33. The van der Waals surface area contributed by atoms with Gasteiger partial charge in [-0.2, -0.15) is 0 Å². The van der Waals surface area contributed by atoms with E-state index < -0.39 is 11.5 Å². The largest absolute Gasteiger partial charge is 0.466 e. The fraction of sp³-hybridized carbons (Fsp3) is 0.235. The van der Waals surface area contributed by atoms with Crippen molar-refractivity contribution in [3.8, 4) is 0 Å². The molecule has 0 aliphatic carbocycles. The predicted molar refractivity (Wildman–Crippen MR) is 98.4 cm³/mol. The molecular weight excluding hydrogens is 409 g/mol. The molecule has 0 radical (unpaired) electrons. The SMILES string of the molecule is COC(=O)C1=C(CBr)NC(c2nccs2)=NC1(C)c1ccc(F)cc1. The number of amidine groups is 1. The van der Waals surface area contributed by atoms with E-state index in [2.05, 4.69) is 26.2 Å². The number of hydrogen-bond acceptors (Lipinski definition) is 6. The van der Waals surface area contributed by atoms with Crippen molar-refractivity contribution >= 4 is 39.1 Å². The van der Waals surface area contributed by atoms with Crippen LogP contribution in [0.25, 0.3) is 0 Å². The van der Waals surface area contributed by atoms with Gasteiger partial charge in [0.2, 0.25) is 0 Å². The summed E-state index contributed by atoms with van der Waals surface area (Å²) in [6.45, 7) is 1.81. The van der Waals surface area contributed by atoms with Crippen LogP contribution in [0.15, 0.2) is 52.1 Å². The van der Waals surface area contributed by atoms with Gasteiger partial charge in [-0.25, -0.2) is 19.2 Å². The number of aromatic nitrogens is 1. The molecule has 1 aliphatic rings. The average molecular weight is 424 g/mol. The van der Waals surface area contributed by atoms with Gasteiger partial charge in [0.1, 0.15) is 11.4 Å². The van der Waals surface area contributed by atoms with E-state index in [1.807, 2.05) is 12.3 Å². The Morgan fingerprint density at radius 1 is 1.40 bits per heavy atom. The van der Waals surface area contributed by atoms with Gasteiger partial charge in [-0.05, 0) is 24.6 Å². The summed E-state index contributed by atoms with van der Waals surface area (Å²) in [5.41, 5.74) is 0.664. The van der Waals surface area contributed by atoms with Crippen molar-refractivity contribution in [1.82, 2.24) is 10.3 Å². The summed E-state index contributed by atoms with van der Waals surface area (Å²) in [6.07, 6.45) is 1.69.